The Morgan fingerprint density at radius 1 is 1.48 bits per heavy atom. The van der Waals surface area contributed by atoms with Gasteiger partial charge in [0.1, 0.15) is 0 Å². The molecule has 1 atom stereocenters. The van der Waals surface area contributed by atoms with Crippen LogP contribution in [0.4, 0.5) is 5.69 Å². The number of hydrogen-bond donors (Lipinski definition) is 2. The zero-order valence-electron chi connectivity index (χ0n) is 12.4. The highest BCUT2D eigenvalue weighted by Crippen LogP contribution is 2.31. The van der Waals surface area contributed by atoms with E-state index in [-0.39, 0.29) is 11.9 Å². The quantitative estimate of drug-likeness (QED) is 0.830. The van der Waals surface area contributed by atoms with E-state index in [1.165, 1.54) is 11.1 Å². The molecule has 1 amide bonds. The lowest BCUT2D eigenvalue weighted by Gasteiger charge is -2.26. The number of carbonyl (C=O) groups is 1. The Labute approximate surface area is 124 Å². The molecule has 1 unspecified atom stereocenters. The molecule has 110 valence electrons. The summed E-state index contributed by atoms with van der Waals surface area (Å²) >= 11 is 0. The smallest absolute Gasteiger partial charge is 0.255 e. The number of rotatable bonds is 2. The maximum Gasteiger partial charge on any atom is 0.255 e. The van der Waals surface area contributed by atoms with E-state index in [9.17, 15) is 4.79 Å². The van der Waals surface area contributed by atoms with Crippen molar-refractivity contribution < 1.29 is 4.79 Å². The second-order valence-corrected chi connectivity index (χ2v) is 5.64. The Hall–Kier alpha value is -2.30. The van der Waals surface area contributed by atoms with Crippen LogP contribution in [0.3, 0.4) is 0 Å². The average molecular weight is 284 g/mol. The van der Waals surface area contributed by atoms with Gasteiger partial charge in [-0.05, 0) is 49.4 Å². The summed E-state index contributed by atoms with van der Waals surface area (Å²) in [7, 11) is 1.84. The molecular weight excluding hydrogens is 264 g/mol. The Bertz CT molecular complexity index is 690. The van der Waals surface area contributed by atoms with Crippen LogP contribution in [0.25, 0.3) is 0 Å². The van der Waals surface area contributed by atoms with E-state index in [1.54, 1.807) is 10.9 Å². The number of aromatic nitrogens is 2. The summed E-state index contributed by atoms with van der Waals surface area (Å²) in [5.74, 6) is -0.0599. The molecule has 0 spiro atoms. The fourth-order valence-electron chi connectivity index (χ4n) is 2.94. The topological polar surface area (TPSA) is 72.9 Å². The van der Waals surface area contributed by atoms with Crippen LogP contribution in [0.5, 0.6) is 0 Å². The predicted octanol–water partition coefficient (Wildman–Crippen LogP) is 2.12. The van der Waals surface area contributed by atoms with Gasteiger partial charge in [0, 0.05) is 18.4 Å². The van der Waals surface area contributed by atoms with Gasteiger partial charge in [0.05, 0.1) is 17.8 Å². The molecule has 1 aliphatic rings. The summed E-state index contributed by atoms with van der Waals surface area (Å²) in [4.78, 5) is 12.4. The maximum atomic E-state index is 12.4. The minimum atomic E-state index is -0.0599. The van der Waals surface area contributed by atoms with Crippen molar-refractivity contribution in [3.63, 3.8) is 0 Å². The number of hydrogen-bond acceptors (Lipinski definition) is 3. The van der Waals surface area contributed by atoms with Gasteiger partial charge in [-0.25, -0.2) is 0 Å². The first-order chi connectivity index (χ1) is 10.1. The van der Waals surface area contributed by atoms with Crippen LogP contribution in [0.1, 0.15) is 46.1 Å². The number of fused-ring (bicyclic) bond motifs is 1. The molecule has 3 N–H and O–H groups in total. The monoisotopic (exact) mass is 284 g/mol. The van der Waals surface area contributed by atoms with Gasteiger partial charge in [-0.3, -0.25) is 9.48 Å². The third-order valence-electron chi connectivity index (χ3n) is 4.27. The second kappa shape index (κ2) is 5.24. The first-order valence-electron chi connectivity index (χ1n) is 7.24. The normalized spacial score (nSPS) is 17.3. The number of nitrogen functional groups attached to an aromatic ring is 1. The number of aryl methyl sites for hydroxylation is 2. The van der Waals surface area contributed by atoms with Crippen LogP contribution in [0, 0.1) is 6.92 Å². The van der Waals surface area contributed by atoms with Crippen LogP contribution in [-0.2, 0) is 13.5 Å². The van der Waals surface area contributed by atoms with Gasteiger partial charge in [0.15, 0.2) is 0 Å². The molecule has 0 saturated heterocycles. The SMILES string of the molecule is Cc1c(C(=O)NC2CCCc3cc(N)ccc32)cnn1C. The Morgan fingerprint density at radius 2 is 2.29 bits per heavy atom. The highest BCUT2D eigenvalue weighted by atomic mass is 16.1. The van der Waals surface area contributed by atoms with E-state index in [0.29, 0.717) is 5.56 Å². The minimum absolute atomic E-state index is 0.0569. The molecule has 0 aliphatic heterocycles. The number of nitrogens with zero attached hydrogens (tertiary/aromatic N) is 2. The zero-order valence-corrected chi connectivity index (χ0v) is 12.4. The number of benzene rings is 1. The standard InChI is InChI=1S/C16H20N4O/c1-10-14(9-18-20(10)2)16(21)19-15-5-3-4-11-8-12(17)6-7-13(11)15/h6-9,15H,3-5,17H2,1-2H3,(H,19,21). The van der Waals surface area contributed by atoms with Crippen molar-refractivity contribution in [2.45, 2.75) is 32.2 Å². The Balaban J connectivity index is 1.83. The van der Waals surface area contributed by atoms with Crippen molar-refractivity contribution in [2.75, 3.05) is 5.73 Å². The van der Waals surface area contributed by atoms with Gasteiger partial charge < -0.3 is 11.1 Å². The van der Waals surface area contributed by atoms with Gasteiger partial charge in [-0.15, -0.1) is 0 Å². The summed E-state index contributed by atoms with van der Waals surface area (Å²) in [6.45, 7) is 1.90. The highest BCUT2D eigenvalue weighted by molar-refractivity contribution is 5.95. The highest BCUT2D eigenvalue weighted by Gasteiger charge is 2.23. The largest absolute Gasteiger partial charge is 0.399 e. The second-order valence-electron chi connectivity index (χ2n) is 5.64. The minimum Gasteiger partial charge on any atom is -0.399 e. The third kappa shape index (κ3) is 2.51. The molecule has 1 aromatic carbocycles. The number of nitrogens with two attached hydrogens (primary N) is 1. The van der Waals surface area contributed by atoms with Crippen molar-refractivity contribution in [3.05, 3.63) is 46.8 Å². The van der Waals surface area contributed by atoms with Crippen LogP contribution >= 0.6 is 0 Å². The van der Waals surface area contributed by atoms with Crippen LogP contribution in [0.15, 0.2) is 24.4 Å². The number of carbonyl (C=O) groups excluding carboxylic acids is 1. The molecular formula is C16H20N4O. The van der Waals surface area contributed by atoms with Crippen molar-refractivity contribution in [1.82, 2.24) is 15.1 Å². The van der Waals surface area contributed by atoms with Crippen LogP contribution in [0.2, 0.25) is 0 Å². The van der Waals surface area contributed by atoms with Crippen molar-refractivity contribution in [2.24, 2.45) is 7.05 Å². The van der Waals surface area contributed by atoms with Crippen molar-refractivity contribution in [3.8, 4) is 0 Å². The molecule has 2 aromatic rings. The first-order valence-corrected chi connectivity index (χ1v) is 7.24. The molecule has 5 heteroatoms. The molecule has 1 aliphatic carbocycles. The number of amides is 1. The Kier molecular flexibility index (Phi) is 3.41. The van der Waals surface area contributed by atoms with E-state index in [4.69, 9.17) is 5.73 Å². The summed E-state index contributed by atoms with van der Waals surface area (Å²) < 4.78 is 1.71. The lowest BCUT2D eigenvalue weighted by molar-refractivity contribution is 0.0932. The summed E-state index contributed by atoms with van der Waals surface area (Å²) in [6.07, 6.45) is 4.67. The molecule has 1 heterocycles. The van der Waals surface area contributed by atoms with E-state index in [2.05, 4.69) is 10.4 Å². The molecule has 0 radical (unpaired) electrons. The van der Waals surface area contributed by atoms with Crippen LogP contribution < -0.4 is 11.1 Å². The van der Waals surface area contributed by atoms with Gasteiger partial charge in [-0.1, -0.05) is 6.07 Å². The Morgan fingerprint density at radius 3 is 3.00 bits per heavy atom. The first kappa shape index (κ1) is 13.7. The van der Waals surface area contributed by atoms with Gasteiger partial charge >= 0.3 is 0 Å². The molecule has 0 saturated carbocycles. The number of anilines is 1. The number of nitrogens with one attached hydrogen (secondary N) is 1. The van der Waals surface area contributed by atoms with E-state index >= 15 is 0 Å². The third-order valence-corrected chi connectivity index (χ3v) is 4.27. The molecule has 5 nitrogen and oxygen atoms in total. The average Bonchev–Trinajstić information content (AvgIpc) is 2.79. The molecule has 0 bridgehead atoms. The summed E-state index contributed by atoms with van der Waals surface area (Å²) in [6, 6.07) is 6.01. The fraction of sp³-hybridized carbons (Fsp3) is 0.375. The lowest BCUT2D eigenvalue weighted by atomic mass is 9.87. The summed E-state index contributed by atoms with van der Waals surface area (Å²) in [5.41, 5.74) is 10.6. The maximum absolute atomic E-state index is 12.4. The van der Waals surface area contributed by atoms with E-state index < -0.39 is 0 Å². The molecule has 1 aromatic heterocycles. The molecule has 3 rings (SSSR count). The fourth-order valence-corrected chi connectivity index (χ4v) is 2.94. The van der Waals surface area contributed by atoms with Gasteiger partial charge in [-0.2, -0.15) is 5.10 Å². The van der Waals surface area contributed by atoms with Crippen molar-refractivity contribution >= 4 is 11.6 Å². The van der Waals surface area contributed by atoms with Crippen molar-refractivity contribution in [1.29, 1.82) is 0 Å². The lowest BCUT2D eigenvalue weighted by Crippen LogP contribution is -2.31. The van der Waals surface area contributed by atoms with E-state index in [1.807, 2.05) is 32.2 Å². The van der Waals surface area contributed by atoms with Gasteiger partial charge in [0.2, 0.25) is 0 Å². The summed E-state index contributed by atoms with van der Waals surface area (Å²) in [5, 5.41) is 7.26. The van der Waals surface area contributed by atoms with Crippen LogP contribution in [-0.4, -0.2) is 15.7 Å². The zero-order chi connectivity index (χ0) is 15.0. The molecule has 21 heavy (non-hydrogen) atoms. The van der Waals surface area contributed by atoms with Gasteiger partial charge in [0.25, 0.3) is 5.91 Å². The predicted molar refractivity (Wildman–Crippen MR) is 81.9 cm³/mol. The van der Waals surface area contributed by atoms with E-state index in [0.717, 1.165) is 30.6 Å². The molecule has 0 fully saturated rings.